The van der Waals surface area contributed by atoms with E-state index in [1.54, 1.807) is 7.11 Å². The van der Waals surface area contributed by atoms with Crippen molar-refractivity contribution in [1.82, 2.24) is 5.32 Å². The maximum Gasteiger partial charge on any atom is 0.125 e. The maximum absolute atomic E-state index is 6.00. The lowest BCUT2D eigenvalue weighted by Gasteiger charge is -2.19. The van der Waals surface area contributed by atoms with E-state index < -0.39 is 0 Å². The summed E-state index contributed by atoms with van der Waals surface area (Å²) >= 11 is 6.00. The van der Waals surface area contributed by atoms with E-state index in [2.05, 4.69) is 11.9 Å². The Morgan fingerprint density at radius 3 is 2.79 bits per heavy atom. The Bertz CT molecular complexity index is 392. The molecule has 0 spiro atoms. The summed E-state index contributed by atoms with van der Waals surface area (Å²) in [6, 6.07) is 6.16. The van der Waals surface area contributed by atoms with Crippen LogP contribution in [-0.2, 0) is 0 Å². The minimum Gasteiger partial charge on any atom is -0.496 e. The first-order valence-electron chi connectivity index (χ1n) is 6.84. The first-order chi connectivity index (χ1) is 9.22. The van der Waals surface area contributed by atoms with Gasteiger partial charge in [0.15, 0.2) is 0 Å². The molecule has 0 saturated heterocycles. The number of methoxy groups -OCH3 is 1. The van der Waals surface area contributed by atoms with Gasteiger partial charge in [-0.3, -0.25) is 0 Å². The summed E-state index contributed by atoms with van der Waals surface area (Å²) in [5.41, 5.74) is 1.18. The van der Waals surface area contributed by atoms with Crippen LogP contribution in [0.4, 0.5) is 0 Å². The number of unbranched alkanes of at least 4 members (excludes halogenated alkanes) is 3. The number of halogens is 1. The Morgan fingerprint density at radius 1 is 1.37 bits per heavy atom. The number of hydrogen-bond donors (Lipinski definition) is 1. The molecule has 0 saturated carbocycles. The van der Waals surface area contributed by atoms with Gasteiger partial charge in [-0.25, -0.2) is 0 Å². The highest BCUT2D eigenvalue weighted by Gasteiger charge is 2.14. The fraction of sp³-hybridized carbons (Fsp3) is 0.500. The van der Waals surface area contributed by atoms with E-state index in [9.17, 15) is 0 Å². The average Bonchev–Trinajstić information content (AvgIpc) is 2.43. The van der Waals surface area contributed by atoms with Crippen LogP contribution in [0.3, 0.4) is 0 Å². The smallest absolute Gasteiger partial charge is 0.125 e. The highest BCUT2D eigenvalue weighted by Crippen LogP contribution is 2.31. The Kier molecular flexibility index (Phi) is 7.61. The minimum atomic E-state index is 0.316. The minimum absolute atomic E-state index is 0.316. The van der Waals surface area contributed by atoms with Crippen LogP contribution in [0.1, 0.15) is 43.7 Å². The van der Waals surface area contributed by atoms with Gasteiger partial charge < -0.3 is 10.1 Å². The van der Waals surface area contributed by atoms with Crippen LogP contribution in [0.2, 0.25) is 5.02 Å². The lowest BCUT2D eigenvalue weighted by molar-refractivity contribution is 0.396. The summed E-state index contributed by atoms with van der Waals surface area (Å²) < 4.78 is 5.42. The summed E-state index contributed by atoms with van der Waals surface area (Å²) in [7, 11) is 3.68. The monoisotopic (exact) mass is 281 g/mol. The molecule has 1 rings (SSSR count). The Hall–Kier alpha value is -0.990. The number of allylic oxidation sites excluding steroid dienone is 1. The zero-order valence-electron chi connectivity index (χ0n) is 11.9. The van der Waals surface area contributed by atoms with Gasteiger partial charge in [0.05, 0.1) is 7.11 Å². The molecule has 1 N–H and O–H groups in total. The topological polar surface area (TPSA) is 21.3 Å². The van der Waals surface area contributed by atoms with Crippen LogP contribution in [0.25, 0.3) is 0 Å². The number of hydrogen-bond acceptors (Lipinski definition) is 2. The number of rotatable bonds is 9. The molecule has 0 heterocycles. The van der Waals surface area contributed by atoms with Crippen molar-refractivity contribution in [2.24, 2.45) is 0 Å². The van der Waals surface area contributed by atoms with E-state index in [1.807, 2.05) is 31.3 Å². The SMILES string of the molecule is C=CCCCCCC(NC)c1ccc(Cl)cc1OC. The van der Waals surface area contributed by atoms with Crippen LogP contribution < -0.4 is 10.1 Å². The van der Waals surface area contributed by atoms with Gasteiger partial charge in [0.2, 0.25) is 0 Å². The summed E-state index contributed by atoms with van der Waals surface area (Å²) in [5.74, 6) is 0.859. The third-order valence-corrected chi connectivity index (χ3v) is 3.56. The van der Waals surface area contributed by atoms with Crippen molar-refractivity contribution in [1.29, 1.82) is 0 Å². The molecule has 0 fully saturated rings. The van der Waals surface area contributed by atoms with Crippen LogP contribution in [0.15, 0.2) is 30.9 Å². The maximum atomic E-state index is 6.00. The van der Waals surface area contributed by atoms with Crippen LogP contribution >= 0.6 is 11.6 Å². The molecule has 1 unspecified atom stereocenters. The molecule has 1 aromatic carbocycles. The van der Waals surface area contributed by atoms with E-state index in [0.717, 1.165) is 18.6 Å². The molecular weight excluding hydrogens is 258 g/mol. The van der Waals surface area contributed by atoms with Crippen LogP contribution in [0.5, 0.6) is 5.75 Å². The van der Waals surface area contributed by atoms with Crippen LogP contribution in [0, 0.1) is 0 Å². The Labute approximate surface area is 121 Å². The van der Waals surface area contributed by atoms with Crippen molar-refractivity contribution in [3.63, 3.8) is 0 Å². The van der Waals surface area contributed by atoms with Crippen molar-refractivity contribution in [3.8, 4) is 5.75 Å². The van der Waals surface area contributed by atoms with Gasteiger partial charge in [-0.1, -0.05) is 36.6 Å². The molecule has 0 aliphatic carbocycles. The molecule has 0 radical (unpaired) electrons. The van der Waals surface area contributed by atoms with Gasteiger partial charge in [-0.2, -0.15) is 0 Å². The predicted molar refractivity (Wildman–Crippen MR) is 83.1 cm³/mol. The molecule has 0 amide bonds. The van der Waals surface area contributed by atoms with Gasteiger partial charge >= 0.3 is 0 Å². The predicted octanol–water partition coefficient (Wildman–Crippen LogP) is 4.75. The van der Waals surface area contributed by atoms with E-state index in [4.69, 9.17) is 16.3 Å². The quantitative estimate of drug-likeness (QED) is 0.521. The fourth-order valence-corrected chi connectivity index (χ4v) is 2.40. The second kappa shape index (κ2) is 9.00. The molecule has 106 valence electrons. The van der Waals surface area contributed by atoms with Gasteiger partial charge in [0.25, 0.3) is 0 Å². The normalized spacial score (nSPS) is 12.2. The van der Waals surface area contributed by atoms with Crippen molar-refractivity contribution in [3.05, 3.63) is 41.4 Å². The zero-order valence-corrected chi connectivity index (χ0v) is 12.7. The van der Waals surface area contributed by atoms with Crippen molar-refractivity contribution in [2.45, 2.75) is 38.1 Å². The van der Waals surface area contributed by atoms with Gasteiger partial charge in [0, 0.05) is 16.6 Å². The summed E-state index contributed by atoms with van der Waals surface area (Å²) in [5, 5.41) is 4.07. The standard InChI is InChI=1S/C16H24ClNO/c1-4-5-6-7-8-9-15(18-2)14-11-10-13(17)12-16(14)19-3/h4,10-12,15,18H,1,5-9H2,2-3H3. The molecule has 2 nitrogen and oxygen atoms in total. The molecule has 3 heteroatoms. The third kappa shape index (κ3) is 5.25. The number of ether oxygens (including phenoxy) is 1. The first kappa shape index (κ1) is 16.1. The Balaban J connectivity index is 2.61. The van der Waals surface area contributed by atoms with Crippen molar-refractivity contribution < 1.29 is 4.74 Å². The molecule has 0 aromatic heterocycles. The summed E-state index contributed by atoms with van der Waals surface area (Å²) in [4.78, 5) is 0. The summed E-state index contributed by atoms with van der Waals surface area (Å²) in [6.45, 7) is 3.75. The third-order valence-electron chi connectivity index (χ3n) is 3.32. The zero-order chi connectivity index (χ0) is 14.1. The van der Waals surface area contributed by atoms with E-state index in [0.29, 0.717) is 11.1 Å². The summed E-state index contributed by atoms with van der Waals surface area (Å²) in [6.07, 6.45) is 7.85. The Morgan fingerprint density at radius 2 is 2.16 bits per heavy atom. The second-order valence-electron chi connectivity index (χ2n) is 4.65. The molecular formula is C16H24ClNO. The van der Waals surface area contributed by atoms with Crippen molar-refractivity contribution >= 4 is 11.6 Å². The first-order valence-corrected chi connectivity index (χ1v) is 7.22. The van der Waals surface area contributed by atoms with E-state index in [-0.39, 0.29) is 0 Å². The van der Waals surface area contributed by atoms with Gasteiger partial charge in [0.1, 0.15) is 5.75 Å². The second-order valence-corrected chi connectivity index (χ2v) is 5.09. The average molecular weight is 282 g/mol. The molecule has 0 bridgehead atoms. The van der Waals surface area contributed by atoms with Gasteiger partial charge in [-0.05, 0) is 38.4 Å². The lowest BCUT2D eigenvalue weighted by Crippen LogP contribution is -2.17. The molecule has 0 aliphatic heterocycles. The molecule has 19 heavy (non-hydrogen) atoms. The fourth-order valence-electron chi connectivity index (χ4n) is 2.24. The lowest BCUT2D eigenvalue weighted by atomic mass is 9.99. The highest BCUT2D eigenvalue weighted by molar-refractivity contribution is 6.30. The van der Waals surface area contributed by atoms with Gasteiger partial charge in [-0.15, -0.1) is 6.58 Å². The van der Waals surface area contributed by atoms with Crippen molar-refractivity contribution in [2.75, 3.05) is 14.2 Å². The van der Waals surface area contributed by atoms with E-state index in [1.165, 1.54) is 24.8 Å². The van der Waals surface area contributed by atoms with E-state index >= 15 is 0 Å². The molecule has 1 aromatic rings. The largest absolute Gasteiger partial charge is 0.496 e. The number of nitrogens with one attached hydrogen (secondary N) is 1. The molecule has 0 aliphatic rings. The van der Waals surface area contributed by atoms with Crippen LogP contribution in [-0.4, -0.2) is 14.2 Å². The molecule has 1 atom stereocenters. The highest BCUT2D eigenvalue weighted by atomic mass is 35.5. The number of benzene rings is 1.